The number of rotatable bonds is 1. The molecule has 2 aromatic carbocycles. The van der Waals surface area contributed by atoms with Crippen molar-refractivity contribution in [2.45, 2.75) is 18.6 Å². The van der Waals surface area contributed by atoms with Gasteiger partial charge in [0, 0.05) is 16.5 Å². The molecule has 3 rings (SSSR count). The number of hydrogen-bond acceptors (Lipinski definition) is 2. The van der Waals surface area contributed by atoms with Gasteiger partial charge in [-0.1, -0.05) is 46.3 Å². The molecule has 0 saturated carbocycles. The Morgan fingerprint density at radius 2 is 1.94 bits per heavy atom. The van der Waals surface area contributed by atoms with E-state index in [1.54, 1.807) is 0 Å². The molecule has 0 aliphatic carbocycles. The van der Waals surface area contributed by atoms with Crippen LogP contribution in [0.15, 0.2) is 53.0 Å². The fourth-order valence-electron chi connectivity index (χ4n) is 2.31. The first kappa shape index (κ1) is 11.8. The monoisotopic (exact) mass is 304 g/mol. The van der Waals surface area contributed by atoms with Gasteiger partial charge in [0.25, 0.3) is 0 Å². The molecule has 1 aliphatic rings. The third-order valence-electron chi connectivity index (χ3n) is 3.21. The zero-order valence-electron chi connectivity index (χ0n) is 9.71. The van der Waals surface area contributed by atoms with Crippen LogP contribution < -0.4 is 4.74 Å². The summed E-state index contributed by atoms with van der Waals surface area (Å²) < 4.78 is 6.99. The highest BCUT2D eigenvalue weighted by Gasteiger charge is 2.27. The Balaban J connectivity index is 1.94. The summed E-state index contributed by atoms with van der Waals surface area (Å²) in [6.07, 6.45) is 0.0410. The Morgan fingerprint density at radius 1 is 1.11 bits per heavy atom. The zero-order valence-corrected chi connectivity index (χ0v) is 11.3. The van der Waals surface area contributed by atoms with Crippen molar-refractivity contribution >= 4 is 15.9 Å². The molecule has 0 spiro atoms. The van der Waals surface area contributed by atoms with Crippen molar-refractivity contribution in [3.8, 4) is 5.75 Å². The summed E-state index contributed by atoms with van der Waals surface area (Å²) >= 11 is 3.46. The molecule has 2 atom stereocenters. The zero-order chi connectivity index (χ0) is 12.5. The number of para-hydroxylation sites is 1. The second kappa shape index (κ2) is 4.75. The average Bonchev–Trinajstić information content (AvgIpc) is 2.39. The van der Waals surface area contributed by atoms with Gasteiger partial charge in [-0.25, -0.2) is 0 Å². The van der Waals surface area contributed by atoms with Gasteiger partial charge in [-0.15, -0.1) is 0 Å². The first-order chi connectivity index (χ1) is 8.74. The van der Waals surface area contributed by atoms with Gasteiger partial charge in [-0.3, -0.25) is 0 Å². The van der Waals surface area contributed by atoms with Gasteiger partial charge >= 0.3 is 0 Å². The lowest BCUT2D eigenvalue weighted by Gasteiger charge is -2.29. The fourth-order valence-corrected chi connectivity index (χ4v) is 2.72. The summed E-state index contributed by atoms with van der Waals surface area (Å²) in [5.41, 5.74) is 1.96. The smallest absolute Gasteiger partial charge is 0.127 e. The minimum Gasteiger partial charge on any atom is -0.485 e. The summed E-state index contributed by atoms with van der Waals surface area (Å²) in [7, 11) is 0. The summed E-state index contributed by atoms with van der Waals surface area (Å²) in [6.45, 7) is 0. The molecule has 92 valence electrons. The molecule has 2 aromatic rings. The van der Waals surface area contributed by atoms with Gasteiger partial charge in [-0.2, -0.15) is 0 Å². The van der Waals surface area contributed by atoms with Gasteiger partial charge < -0.3 is 9.84 Å². The predicted molar refractivity (Wildman–Crippen MR) is 73.5 cm³/mol. The molecular formula is C15H13BrO2. The normalized spacial score (nSPS) is 22.1. The molecule has 0 saturated heterocycles. The number of aliphatic hydroxyl groups is 1. The Hall–Kier alpha value is -1.32. The molecule has 1 heterocycles. The molecule has 0 amide bonds. The van der Waals surface area contributed by atoms with Crippen LogP contribution >= 0.6 is 15.9 Å². The predicted octanol–water partition coefficient (Wildman–Crippen LogP) is 4.01. The molecule has 0 aromatic heterocycles. The van der Waals surface area contributed by atoms with E-state index in [1.807, 2.05) is 48.5 Å². The third kappa shape index (κ3) is 2.16. The molecule has 1 unspecified atom stereocenters. The lowest BCUT2D eigenvalue weighted by Crippen LogP contribution is -2.18. The van der Waals surface area contributed by atoms with E-state index in [0.717, 1.165) is 21.3 Å². The summed E-state index contributed by atoms with van der Waals surface area (Å²) in [4.78, 5) is 0. The van der Waals surface area contributed by atoms with Gasteiger partial charge in [0.05, 0.1) is 6.10 Å². The third-order valence-corrected chi connectivity index (χ3v) is 3.70. The molecule has 2 nitrogen and oxygen atoms in total. The van der Waals surface area contributed by atoms with E-state index >= 15 is 0 Å². The van der Waals surface area contributed by atoms with Crippen molar-refractivity contribution in [3.05, 3.63) is 64.1 Å². The molecule has 0 radical (unpaired) electrons. The van der Waals surface area contributed by atoms with Crippen LogP contribution in [0.5, 0.6) is 5.75 Å². The second-order valence-corrected chi connectivity index (χ2v) is 5.37. The Bertz CT molecular complexity index is 568. The van der Waals surface area contributed by atoms with Crippen molar-refractivity contribution in [2.75, 3.05) is 0 Å². The van der Waals surface area contributed by atoms with E-state index in [1.165, 1.54) is 0 Å². The Labute approximate surface area is 114 Å². The highest BCUT2D eigenvalue weighted by atomic mass is 79.9. The Kier molecular flexibility index (Phi) is 3.10. The molecule has 1 aliphatic heterocycles. The SMILES string of the molecule is O[C@H]1CC(c2cccc(Br)c2)Oc2ccccc21. The highest BCUT2D eigenvalue weighted by molar-refractivity contribution is 9.10. The standard InChI is InChI=1S/C15H13BrO2/c16-11-5-3-4-10(8-11)15-9-13(17)12-6-1-2-7-14(12)18-15/h1-8,13,15,17H,9H2/t13-,15?/m0/s1. The largest absolute Gasteiger partial charge is 0.485 e. The van der Waals surface area contributed by atoms with Crippen LogP contribution in [0.1, 0.15) is 29.8 Å². The van der Waals surface area contributed by atoms with Crippen molar-refractivity contribution in [2.24, 2.45) is 0 Å². The van der Waals surface area contributed by atoms with Crippen LogP contribution in [-0.2, 0) is 0 Å². The molecule has 0 bridgehead atoms. The van der Waals surface area contributed by atoms with Gasteiger partial charge in [0.1, 0.15) is 11.9 Å². The maximum atomic E-state index is 10.2. The van der Waals surface area contributed by atoms with Crippen LogP contribution in [0.3, 0.4) is 0 Å². The Morgan fingerprint density at radius 3 is 2.78 bits per heavy atom. The van der Waals surface area contributed by atoms with Gasteiger partial charge in [0.15, 0.2) is 0 Å². The van der Waals surface area contributed by atoms with Crippen LogP contribution in [-0.4, -0.2) is 5.11 Å². The first-order valence-corrected chi connectivity index (χ1v) is 6.72. The van der Waals surface area contributed by atoms with Crippen molar-refractivity contribution in [1.82, 2.24) is 0 Å². The number of aliphatic hydroxyl groups excluding tert-OH is 1. The van der Waals surface area contributed by atoms with E-state index in [4.69, 9.17) is 4.74 Å². The summed E-state index contributed by atoms with van der Waals surface area (Å²) in [5, 5.41) is 10.2. The minimum absolute atomic E-state index is 0.0904. The average molecular weight is 305 g/mol. The van der Waals surface area contributed by atoms with Crippen LogP contribution in [0.2, 0.25) is 0 Å². The van der Waals surface area contributed by atoms with E-state index in [2.05, 4.69) is 15.9 Å². The van der Waals surface area contributed by atoms with Crippen LogP contribution in [0.25, 0.3) is 0 Å². The van der Waals surface area contributed by atoms with E-state index in [0.29, 0.717) is 6.42 Å². The molecule has 18 heavy (non-hydrogen) atoms. The van der Waals surface area contributed by atoms with Gasteiger partial charge in [0.2, 0.25) is 0 Å². The maximum Gasteiger partial charge on any atom is 0.127 e. The topological polar surface area (TPSA) is 29.5 Å². The highest BCUT2D eigenvalue weighted by Crippen LogP contribution is 2.40. The number of ether oxygens (including phenoxy) is 1. The van der Waals surface area contributed by atoms with Crippen molar-refractivity contribution < 1.29 is 9.84 Å². The quantitative estimate of drug-likeness (QED) is 0.862. The molecule has 0 fully saturated rings. The number of fused-ring (bicyclic) bond motifs is 1. The second-order valence-electron chi connectivity index (χ2n) is 4.45. The van der Waals surface area contributed by atoms with Crippen LogP contribution in [0, 0.1) is 0 Å². The van der Waals surface area contributed by atoms with E-state index in [-0.39, 0.29) is 6.10 Å². The van der Waals surface area contributed by atoms with Crippen molar-refractivity contribution in [3.63, 3.8) is 0 Å². The molecular weight excluding hydrogens is 292 g/mol. The van der Waals surface area contributed by atoms with E-state index in [9.17, 15) is 5.11 Å². The number of benzene rings is 2. The van der Waals surface area contributed by atoms with E-state index < -0.39 is 6.10 Å². The fraction of sp³-hybridized carbons (Fsp3) is 0.200. The van der Waals surface area contributed by atoms with Crippen molar-refractivity contribution in [1.29, 1.82) is 0 Å². The first-order valence-electron chi connectivity index (χ1n) is 5.93. The summed E-state index contributed by atoms with van der Waals surface area (Å²) in [6, 6.07) is 15.7. The lowest BCUT2D eigenvalue weighted by atomic mass is 9.95. The number of halogens is 1. The minimum atomic E-state index is -0.459. The summed E-state index contributed by atoms with van der Waals surface area (Å²) in [5.74, 6) is 0.779. The lowest BCUT2D eigenvalue weighted by molar-refractivity contribution is 0.0657. The maximum absolute atomic E-state index is 10.2. The number of hydrogen-bond donors (Lipinski definition) is 1. The van der Waals surface area contributed by atoms with Gasteiger partial charge in [-0.05, 0) is 23.8 Å². The molecule has 3 heteroatoms. The van der Waals surface area contributed by atoms with Crippen LogP contribution in [0.4, 0.5) is 0 Å². The molecule has 1 N–H and O–H groups in total.